The number of hydrogen-bond acceptors (Lipinski definition) is 3. The predicted molar refractivity (Wildman–Crippen MR) is 98.5 cm³/mol. The quantitative estimate of drug-likeness (QED) is 0.886. The third-order valence-electron chi connectivity index (χ3n) is 5.26. The molecule has 2 aliphatic rings. The molecule has 0 spiro atoms. The van der Waals surface area contributed by atoms with E-state index in [0.717, 1.165) is 13.1 Å². The highest BCUT2D eigenvalue weighted by atomic mass is 15.1. The molecule has 4 rings (SSSR count). The van der Waals surface area contributed by atoms with Gasteiger partial charge in [-0.25, -0.2) is 0 Å². The Hall–Kier alpha value is -2.00. The minimum Gasteiger partial charge on any atom is -0.381 e. The average Bonchev–Trinajstić information content (AvgIpc) is 2.76. The van der Waals surface area contributed by atoms with Crippen LogP contribution in [0.2, 0.25) is 0 Å². The number of anilines is 2. The minimum absolute atomic E-state index is 0.585. The first-order valence-electron chi connectivity index (χ1n) is 8.62. The Morgan fingerprint density at radius 2 is 1.74 bits per heavy atom. The van der Waals surface area contributed by atoms with Gasteiger partial charge >= 0.3 is 0 Å². The molecule has 2 N–H and O–H groups in total. The zero-order valence-electron chi connectivity index (χ0n) is 14.0. The number of benzene rings is 2. The summed E-state index contributed by atoms with van der Waals surface area (Å²) in [5, 5.41) is 7.31. The van der Waals surface area contributed by atoms with Gasteiger partial charge in [-0.1, -0.05) is 24.3 Å². The average molecular weight is 307 g/mol. The van der Waals surface area contributed by atoms with E-state index in [4.69, 9.17) is 0 Å². The molecule has 23 heavy (non-hydrogen) atoms. The summed E-state index contributed by atoms with van der Waals surface area (Å²) in [5.41, 5.74) is 6.84. The molecule has 0 aliphatic carbocycles. The minimum atomic E-state index is 0.585. The third kappa shape index (κ3) is 2.59. The highest BCUT2D eigenvalue weighted by molar-refractivity contribution is 5.78. The van der Waals surface area contributed by atoms with Crippen LogP contribution in [0.3, 0.4) is 0 Å². The van der Waals surface area contributed by atoms with Gasteiger partial charge in [0, 0.05) is 37.4 Å². The number of fused-ring (bicyclic) bond motifs is 3. The SMILES string of the molecule is CN(C)c1ccc(-c2cccc3c2[C@@H]2CCNCC[C@@H]2N3)cc1. The van der Waals surface area contributed by atoms with Crippen LogP contribution in [0.4, 0.5) is 11.4 Å². The molecular weight excluding hydrogens is 282 g/mol. The zero-order chi connectivity index (χ0) is 15.8. The maximum Gasteiger partial charge on any atom is 0.0384 e. The van der Waals surface area contributed by atoms with E-state index in [0.29, 0.717) is 12.0 Å². The Bertz CT molecular complexity index is 691. The topological polar surface area (TPSA) is 27.3 Å². The lowest BCUT2D eigenvalue weighted by Gasteiger charge is -2.18. The Morgan fingerprint density at radius 3 is 2.52 bits per heavy atom. The molecule has 0 amide bonds. The number of hydrogen-bond donors (Lipinski definition) is 2. The third-order valence-corrected chi connectivity index (χ3v) is 5.26. The van der Waals surface area contributed by atoms with Crippen molar-refractivity contribution >= 4 is 11.4 Å². The maximum absolute atomic E-state index is 3.77. The van der Waals surface area contributed by atoms with Crippen LogP contribution in [0.15, 0.2) is 42.5 Å². The lowest BCUT2D eigenvalue weighted by atomic mass is 9.86. The first-order valence-corrected chi connectivity index (χ1v) is 8.62. The van der Waals surface area contributed by atoms with Crippen molar-refractivity contribution in [2.75, 3.05) is 37.4 Å². The molecule has 1 saturated heterocycles. The van der Waals surface area contributed by atoms with E-state index in [1.165, 1.54) is 40.9 Å². The van der Waals surface area contributed by atoms with Crippen LogP contribution in [0, 0.1) is 0 Å². The molecular formula is C20H25N3. The molecule has 2 atom stereocenters. The summed E-state index contributed by atoms with van der Waals surface area (Å²) in [5.74, 6) is 0.629. The first-order chi connectivity index (χ1) is 11.2. The van der Waals surface area contributed by atoms with Crippen LogP contribution in [0.5, 0.6) is 0 Å². The van der Waals surface area contributed by atoms with Crippen molar-refractivity contribution in [1.29, 1.82) is 0 Å². The largest absolute Gasteiger partial charge is 0.381 e. The second kappa shape index (κ2) is 5.89. The van der Waals surface area contributed by atoms with Gasteiger partial charge < -0.3 is 15.5 Å². The number of rotatable bonds is 2. The normalized spacial score (nSPS) is 22.7. The molecule has 0 bridgehead atoms. The van der Waals surface area contributed by atoms with Crippen molar-refractivity contribution in [2.24, 2.45) is 0 Å². The Balaban J connectivity index is 1.75. The van der Waals surface area contributed by atoms with E-state index in [1.807, 2.05) is 0 Å². The second-order valence-electron chi connectivity index (χ2n) is 6.89. The van der Waals surface area contributed by atoms with Crippen LogP contribution in [-0.4, -0.2) is 33.2 Å². The lowest BCUT2D eigenvalue weighted by molar-refractivity contribution is 0.579. The smallest absolute Gasteiger partial charge is 0.0384 e. The zero-order valence-corrected chi connectivity index (χ0v) is 14.0. The Kier molecular flexibility index (Phi) is 3.74. The van der Waals surface area contributed by atoms with Crippen LogP contribution in [-0.2, 0) is 0 Å². The van der Waals surface area contributed by atoms with Gasteiger partial charge in [0.2, 0.25) is 0 Å². The fraction of sp³-hybridized carbons (Fsp3) is 0.400. The number of nitrogens with one attached hydrogen (secondary N) is 2. The van der Waals surface area contributed by atoms with Crippen LogP contribution < -0.4 is 15.5 Å². The van der Waals surface area contributed by atoms with Crippen molar-refractivity contribution in [3.63, 3.8) is 0 Å². The van der Waals surface area contributed by atoms with Gasteiger partial charge in [0.1, 0.15) is 0 Å². The van der Waals surface area contributed by atoms with Gasteiger partial charge in [0.15, 0.2) is 0 Å². The van der Waals surface area contributed by atoms with Crippen molar-refractivity contribution in [2.45, 2.75) is 24.8 Å². The molecule has 120 valence electrons. The predicted octanol–water partition coefficient (Wildman–Crippen LogP) is 3.68. The van der Waals surface area contributed by atoms with Gasteiger partial charge in [-0.2, -0.15) is 0 Å². The van der Waals surface area contributed by atoms with Crippen molar-refractivity contribution in [3.8, 4) is 11.1 Å². The molecule has 2 aromatic rings. The van der Waals surface area contributed by atoms with Crippen LogP contribution in [0.25, 0.3) is 11.1 Å². The summed E-state index contributed by atoms with van der Waals surface area (Å²) in [6.45, 7) is 2.24. The molecule has 2 aliphatic heterocycles. The number of nitrogens with zero attached hydrogens (tertiary/aromatic N) is 1. The fourth-order valence-corrected chi connectivity index (χ4v) is 4.04. The molecule has 3 heteroatoms. The Morgan fingerprint density at radius 1 is 0.957 bits per heavy atom. The second-order valence-corrected chi connectivity index (χ2v) is 6.89. The van der Waals surface area contributed by atoms with Gasteiger partial charge in [0.05, 0.1) is 0 Å². The highest BCUT2D eigenvalue weighted by Crippen LogP contribution is 2.45. The molecule has 1 fully saturated rings. The van der Waals surface area contributed by atoms with E-state index >= 15 is 0 Å². The molecule has 0 unspecified atom stereocenters. The van der Waals surface area contributed by atoms with E-state index in [9.17, 15) is 0 Å². The molecule has 2 heterocycles. The van der Waals surface area contributed by atoms with E-state index in [-0.39, 0.29) is 0 Å². The summed E-state index contributed by atoms with van der Waals surface area (Å²) < 4.78 is 0. The van der Waals surface area contributed by atoms with E-state index in [2.05, 4.69) is 72.1 Å². The van der Waals surface area contributed by atoms with Crippen molar-refractivity contribution in [1.82, 2.24) is 5.32 Å². The molecule has 2 aromatic carbocycles. The molecule has 0 saturated carbocycles. The van der Waals surface area contributed by atoms with Gasteiger partial charge in [-0.15, -0.1) is 0 Å². The van der Waals surface area contributed by atoms with E-state index < -0.39 is 0 Å². The lowest BCUT2D eigenvalue weighted by Crippen LogP contribution is -2.21. The summed E-state index contributed by atoms with van der Waals surface area (Å²) in [4.78, 5) is 2.15. The highest BCUT2D eigenvalue weighted by Gasteiger charge is 2.34. The summed E-state index contributed by atoms with van der Waals surface area (Å²) >= 11 is 0. The molecule has 0 aromatic heterocycles. The first kappa shape index (κ1) is 14.6. The standard InChI is InChI=1S/C20H25N3/c1-23(2)15-8-6-14(7-9-15)16-4-3-5-19-20(16)17-10-12-21-13-11-18(17)22-19/h3-9,17-18,21-22H,10-13H2,1-2H3/t17-,18+/m1/s1. The summed E-state index contributed by atoms with van der Waals surface area (Å²) in [6, 6.07) is 16.2. The van der Waals surface area contributed by atoms with Crippen LogP contribution >= 0.6 is 0 Å². The van der Waals surface area contributed by atoms with Gasteiger partial charge in [-0.3, -0.25) is 0 Å². The van der Waals surface area contributed by atoms with E-state index in [1.54, 1.807) is 0 Å². The summed E-state index contributed by atoms with van der Waals surface area (Å²) in [7, 11) is 4.17. The monoisotopic (exact) mass is 307 g/mol. The van der Waals surface area contributed by atoms with Gasteiger partial charge in [0.25, 0.3) is 0 Å². The molecule has 0 radical (unpaired) electrons. The molecule has 3 nitrogen and oxygen atoms in total. The van der Waals surface area contributed by atoms with Crippen molar-refractivity contribution in [3.05, 3.63) is 48.0 Å². The van der Waals surface area contributed by atoms with Gasteiger partial charge in [-0.05, 0) is 60.8 Å². The fourth-order valence-electron chi connectivity index (χ4n) is 4.04. The Labute approximate surface area is 138 Å². The van der Waals surface area contributed by atoms with Crippen LogP contribution in [0.1, 0.15) is 24.3 Å². The van der Waals surface area contributed by atoms with Crippen molar-refractivity contribution < 1.29 is 0 Å². The summed E-state index contributed by atoms with van der Waals surface area (Å²) in [6.07, 6.45) is 2.43. The maximum atomic E-state index is 3.77.